The van der Waals surface area contributed by atoms with Crippen molar-refractivity contribution in [2.24, 2.45) is 5.92 Å². The number of thioether (sulfide) groups is 1. The summed E-state index contributed by atoms with van der Waals surface area (Å²) in [5.74, 6) is 4.66. The molecule has 0 radical (unpaired) electrons. The molecule has 0 aromatic heterocycles. The van der Waals surface area contributed by atoms with Crippen molar-refractivity contribution in [3.63, 3.8) is 0 Å². The molecule has 2 atom stereocenters. The Morgan fingerprint density at radius 2 is 1.95 bits per heavy atom. The van der Waals surface area contributed by atoms with Gasteiger partial charge < -0.3 is 14.8 Å². The van der Waals surface area contributed by atoms with Crippen LogP contribution >= 0.6 is 11.8 Å². The second-order valence-electron chi connectivity index (χ2n) is 4.89. The molecule has 0 bridgehead atoms. The Bertz CT molecular complexity index is 436. The van der Waals surface area contributed by atoms with E-state index in [2.05, 4.69) is 19.2 Å². The monoisotopic (exact) mass is 281 g/mol. The fourth-order valence-corrected chi connectivity index (χ4v) is 3.92. The van der Waals surface area contributed by atoms with E-state index in [0.717, 1.165) is 29.5 Å². The Morgan fingerprint density at radius 3 is 2.58 bits per heavy atom. The van der Waals surface area contributed by atoms with Crippen molar-refractivity contribution < 1.29 is 9.47 Å². The van der Waals surface area contributed by atoms with Crippen molar-refractivity contribution in [2.75, 3.05) is 26.5 Å². The summed E-state index contributed by atoms with van der Waals surface area (Å²) in [5.41, 5.74) is 2.56. The number of rotatable bonds is 4. The van der Waals surface area contributed by atoms with E-state index in [1.807, 2.05) is 23.9 Å². The summed E-state index contributed by atoms with van der Waals surface area (Å²) in [6.45, 7) is 5.41. The van der Waals surface area contributed by atoms with Gasteiger partial charge in [-0.2, -0.15) is 11.8 Å². The summed E-state index contributed by atoms with van der Waals surface area (Å²) in [6.07, 6.45) is 0. The molecule has 4 heteroatoms. The quantitative estimate of drug-likeness (QED) is 0.918. The van der Waals surface area contributed by atoms with E-state index in [4.69, 9.17) is 9.47 Å². The molecule has 1 N–H and O–H groups in total. The normalized spacial score (nSPS) is 22.5. The topological polar surface area (TPSA) is 30.5 Å². The lowest BCUT2D eigenvalue weighted by atomic mass is 9.91. The summed E-state index contributed by atoms with van der Waals surface area (Å²) in [7, 11) is 3.48. The molecule has 106 valence electrons. The van der Waals surface area contributed by atoms with Crippen LogP contribution < -0.4 is 14.8 Å². The molecule has 2 unspecified atom stereocenters. The van der Waals surface area contributed by atoms with E-state index >= 15 is 0 Å². The van der Waals surface area contributed by atoms with E-state index in [0.29, 0.717) is 12.0 Å². The van der Waals surface area contributed by atoms with Crippen molar-refractivity contribution in [3.8, 4) is 11.5 Å². The minimum atomic E-state index is 0.333. The van der Waals surface area contributed by atoms with Gasteiger partial charge in [-0.25, -0.2) is 0 Å². The smallest absolute Gasteiger partial charge is 0.124 e. The van der Waals surface area contributed by atoms with Crippen LogP contribution in [0.5, 0.6) is 11.5 Å². The average Bonchev–Trinajstić information content (AvgIpc) is 2.59. The van der Waals surface area contributed by atoms with E-state index in [1.165, 1.54) is 11.1 Å². The molecule has 2 rings (SSSR count). The molecule has 1 aromatic carbocycles. The molecule has 3 nitrogen and oxygen atoms in total. The summed E-state index contributed by atoms with van der Waals surface area (Å²) < 4.78 is 11.1. The maximum Gasteiger partial charge on any atom is 0.124 e. The Labute approximate surface area is 120 Å². The fourth-order valence-electron chi connectivity index (χ4n) is 2.73. The molecule has 0 saturated heterocycles. The van der Waals surface area contributed by atoms with Crippen LogP contribution in [-0.2, 0) is 5.75 Å². The van der Waals surface area contributed by atoms with Gasteiger partial charge in [0.25, 0.3) is 0 Å². The van der Waals surface area contributed by atoms with Crippen molar-refractivity contribution in [1.29, 1.82) is 0 Å². The van der Waals surface area contributed by atoms with Crippen LogP contribution in [0.2, 0.25) is 0 Å². The van der Waals surface area contributed by atoms with Crippen LogP contribution in [0.4, 0.5) is 0 Å². The molecular formula is C15H23NO2S. The maximum absolute atomic E-state index is 5.59. The molecule has 0 spiro atoms. The lowest BCUT2D eigenvalue weighted by Crippen LogP contribution is -2.28. The Balaban J connectivity index is 2.56. The lowest BCUT2D eigenvalue weighted by molar-refractivity contribution is 0.368. The average molecular weight is 281 g/mol. The maximum atomic E-state index is 5.59. The molecular weight excluding hydrogens is 258 g/mol. The molecule has 19 heavy (non-hydrogen) atoms. The van der Waals surface area contributed by atoms with Crippen LogP contribution in [-0.4, -0.2) is 26.5 Å². The third kappa shape index (κ3) is 2.84. The van der Waals surface area contributed by atoms with Crippen LogP contribution in [0, 0.1) is 5.92 Å². The SMILES string of the molecule is CCNC1c2c(OC)ccc(OC)c2CSCC1C. The van der Waals surface area contributed by atoms with Crippen LogP contribution in [0.3, 0.4) is 0 Å². The minimum Gasteiger partial charge on any atom is -0.496 e. The molecule has 0 fully saturated rings. The molecule has 1 aromatic rings. The molecule has 0 saturated carbocycles. The van der Waals surface area contributed by atoms with Gasteiger partial charge >= 0.3 is 0 Å². The van der Waals surface area contributed by atoms with Crippen molar-refractivity contribution >= 4 is 11.8 Å². The van der Waals surface area contributed by atoms with E-state index < -0.39 is 0 Å². The number of benzene rings is 1. The Kier molecular flexibility index (Phi) is 4.99. The van der Waals surface area contributed by atoms with Crippen molar-refractivity contribution in [2.45, 2.75) is 25.6 Å². The summed E-state index contributed by atoms with van der Waals surface area (Å²) >= 11 is 1.97. The van der Waals surface area contributed by atoms with Crippen LogP contribution in [0.1, 0.15) is 31.0 Å². The zero-order chi connectivity index (χ0) is 13.8. The second-order valence-corrected chi connectivity index (χ2v) is 5.92. The molecule has 1 aliphatic rings. The molecule has 0 aliphatic carbocycles. The Hall–Kier alpha value is -0.870. The van der Waals surface area contributed by atoms with Crippen molar-refractivity contribution in [3.05, 3.63) is 23.3 Å². The largest absolute Gasteiger partial charge is 0.496 e. The van der Waals surface area contributed by atoms with Crippen molar-refractivity contribution in [1.82, 2.24) is 5.32 Å². The third-order valence-electron chi connectivity index (χ3n) is 3.65. The first-order valence-corrected chi connectivity index (χ1v) is 7.93. The highest BCUT2D eigenvalue weighted by atomic mass is 32.2. The van der Waals surface area contributed by atoms with Gasteiger partial charge in [0.05, 0.1) is 14.2 Å². The summed E-state index contributed by atoms with van der Waals surface area (Å²) in [4.78, 5) is 0. The number of nitrogens with one attached hydrogen (secondary N) is 1. The van der Waals surface area contributed by atoms with Gasteiger partial charge in [-0.05, 0) is 30.3 Å². The van der Waals surface area contributed by atoms with Gasteiger partial charge in [0.1, 0.15) is 11.5 Å². The van der Waals surface area contributed by atoms with E-state index in [9.17, 15) is 0 Å². The summed E-state index contributed by atoms with van der Waals surface area (Å²) in [5, 5.41) is 3.61. The highest BCUT2D eigenvalue weighted by Gasteiger charge is 2.29. The van der Waals surface area contributed by atoms with Gasteiger partial charge in [0, 0.05) is 22.9 Å². The van der Waals surface area contributed by atoms with Crippen LogP contribution in [0.15, 0.2) is 12.1 Å². The first-order valence-electron chi connectivity index (χ1n) is 6.77. The number of methoxy groups -OCH3 is 2. The number of fused-ring (bicyclic) bond motifs is 1. The number of hydrogen-bond donors (Lipinski definition) is 1. The first kappa shape index (κ1) is 14.5. The predicted molar refractivity (Wildman–Crippen MR) is 81.3 cm³/mol. The Morgan fingerprint density at radius 1 is 1.26 bits per heavy atom. The highest BCUT2D eigenvalue weighted by molar-refractivity contribution is 7.98. The standard InChI is InChI=1S/C15H23NO2S/c1-5-16-15-10(2)8-19-9-11-12(17-3)6-7-13(18-4)14(11)15/h6-7,10,15-16H,5,8-9H2,1-4H3. The molecule has 1 aliphatic heterocycles. The van der Waals surface area contributed by atoms with E-state index in [-0.39, 0.29) is 0 Å². The third-order valence-corrected chi connectivity index (χ3v) is 4.90. The van der Waals surface area contributed by atoms with Gasteiger partial charge in [-0.3, -0.25) is 0 Å². The lowest BCUT2D eigenvalue weighted by Gasteiger charge is -2.26. The zero-order valence-electron chi connectivity index (χ0n) is 12.2. The van der Waals surface area contributed by atoms with Gasteiger partial charge in [-0.15, -0.1) is 0 Å². The van der Waals surface area contributed by atoms with Crippen LogP contribution in [0.25, 0.3) is 0 Å². The van der Waals surface area contributed by atoms with E-state index in [1.54, 1.807) is 14.2 Å². The fraction of sp³-hybridized carbons (Fsp3) is 0.600. The first-order chi connectivity index (χ1) is 9.22. The minimum absolute atomic E-state index is 0.333. The predicted octanol–water partition coefficient (Wildman–Crippen LogP) is 3.24. The summed E-state index contributed by atoms with van der Waals surface area (Å²) in [6, 6.07) is 4.36. The van der Waals surface area contributed by atoms with Gasteiger partial charge in [0.2, 0.25) is 0 Å². The highest BCUT2D eigenvalue weighted by Crippen LogP contribution is 2.43. The number of hydrogen-bond acceptors (Lipinski definition) is 4. The zero-order valence-corrected chi connectivity index (χ0v) is 13.0. The molecule has 0 amide bonds. The second kappa shape index (κ2) is 6.53. The van der Waals surface area contributed by atoms with Gasteiger partial charge in [-0.1, -0.05) is 13.8 Å². The van der Waals surface area contributed by atoms with Gasteiger partial charge in [0.15, 0.2) is 0 Å². The number of ether oxygens (including phenoxy) is 2. The molecule has 1 heterocycles.